The monoisotopic (exact) mass is 540 g/mol. The fourth-order valence-corrected chi connectivity index (χ4v) is 3.59. The molecule has 0 fully saturated rings. The van der Waals surface area contributed by atoms with Gasteiger partial charge in [0.1, 0.15) is 17.6 Å². The van der Waals surface area contributed by atoms with Gasteiger partial charge in [-0.1, -0.05) is 0 Å². The van der Waals surface area contributed by atoms with Crippen LogP contribution in [0.2, 0.25) is 0 Å². The molecule has 1 atom stereocenters. The van der Waals surface area contributed by atoms with Crippen LogP contribution in [0.15, 0.2) is 17.1 Å². The summed E-state index contributed by atoms with van der Waals surface area (Å²) < 4.78 is 37.0. The summed E-state index contributed by atoms with van der Waals surface area (Å²) >= 11 is 0. The van der Waals surface area contributed by atoms with E-state index in [1.165, 1.54) is 5.56 Å². The van der Waals surface area contributed by atoms with E-state index in [2.05, 4.69) is 33.3 Å². The second kappa shape index (κ2) is 12.4. The molecule has 0 spiro atoms. The fourth-order valence-electron chi connectivity index (χ4n) is 2.93. The lowest BCUT2D eigenvalue weighted by Crippen LogP contribution is -2.38. The zero-order valence-electron chi connectivity index (χ0n) is 17.6. The maximum absolute atomic E-state index is 11.4. The minimum Gasteiger partial charge on any atom is -0.494 e. The molecule has 2 rings (SSSR count). The minimum absolute atomic E-state index is 0. The number of ether oxygens (including phenoxy) is 2. The third-order valence-electron chi connectivity index (χ3n) is 4.40. The second-order valence-electron chi connectivity index (χ2n) is 6.64. The topological polar surface area (TPSA) is 101 Å². The number of fused-ring (bicyclic) bond motifs is 1. The van der Waals surface area contributed by atoms with Gasteiger partial charge in [-0.2, -0.15) is 0 Å². The van der Waals surface area contributed by atoms with Crippen LogP contribution < -0.4 is 24.8 Å². The van der Waals surface area contributed by atoms with Crippen LogP contribution in [0.5, 0.6) is 11.5 Å². The molecule has 1 aliphatic heterocycles. The van der Waals surface area contributed by atoms with E-state index < -0.39 is 10.0 Å². The molecule has 0 amide bonds. The molecule has 0 saturated heterocycles. The summed E-state index contributed by atoms with van der Waals surface area (Å²) in [4.78, 5) is 4.21. The van der Waals surface area contributed by atoms with Crippen molar-refractivity contribution in [2.75, 3.05) is 32.5 Å². The van der Waals surface area contributed by atoms with Crippen LogP contribution in [-0.2, 0) is 23.0 Å². The van der Waals surface area contributed by atoms with Gasteiger partial charge in [0.05, 0.1) is 12.4 Å². The van der Waals surface area contributed by atoms with E-state index in [1.54, 1.807) is 14.0 Å². The normalized spacial score (nSPS) is 15.9. The highest BCUT2D eigenvalue weighted by Crippen LogP contribution is 2.35. The Morgan fingerprint density at radius 1 is 1.28 bits per heavy atom. The van der Waals surface area contributed by atoms with Gasteiger partial charge in [-0.05, 0) is 39.3 Å². The summed E-state index contributed by atoms with van der Waals surface area (Å²) in [5.74, 6) is 2.51. The Labute approximate surface area is 191 Å². The predicted octanol–water partition coefficient (Wildman–Crippen LogP) is 2.02. The first-order valence-corrected chi connectivity index (χ1v) is 11.4. The third kappa shape index (κ3) is 8.17. The zero-order valence-corrected chi connectivity index (χ0v) is 20.7. The first kappa shape index (κ1) is 25.8. The van der Waals surface area contributed by atoms with Crippen molar-refractivity contribution in [3.8, 4) is 11.5 Å². The lowest BCUT2D eigenvalue weighted by molar-refractivity contribution is 0.254. The quantitative estimate of drug-likeness (QED) is 0.182. The Bertz CT molecular complexity index is 787. The van der Waals surface area contributed by atoms with Crippen LogP contribution in [-0.4, -0.2) is 53.0 Å². The Morgan fingerprint density at radius 2 is 2.03 bits per heavy atom. The Hall–Kier alpha value is -1.27. The van der Waals surface area contributed by atoms with Crippen LogP contribution >= 0.6 is 24.0 Å². The zero-order chi connectivity index (χ0) is 20.6. The maximum atomic E-state index is 11.4. The highest BCUT2D eigenvalue weighted by atomic mass is 127. The van der Waals surface area contributed by atoms with E-state index >= 15 is 0 Å². The first-order chi connectivity index (χ1) is 13.4. The Balaban J connectivity index is 0.00000420. The molecule has 8 nitrogen and oxygen atoms in total. The molecule has 1 aromatic carbocycles. The van der Waals surface area contributed by atoms with E-state index in [1.807, 2.05) is 13.0 Å². The molecule has 166 valence electrons. The number of aliphatic imine (C=N–C) groups is 1. The molecule has 1 aromatic rings. The molecule has 0 aromatic heterocycles. The Morgan fingerprint density at radius 3 is 2.69 bits per heavy atom. The molecule has 0 saturated carbocycles. The van der Waals surface area contributed by atoms with Gasteiger partial charge in [-0.25, -0.2) is 13.1 Å². The van der Waals surface area contributed by atoms with Gasteiger partial charge >= 0.3 is 0 Å². The SMILES string of the molecule is CCOc1cc2c(cc1CNC(=NC)NCCCNS(=O)(=O)CC)OC(C)C2.I. The number of nitrogens with zero attached hydrogens (tertiary/aromatic N) is 1. The van der Waals surface area contributed by atoms with Gasteiger partial charge in [0.2, 0.25) is 10.0 Å². The molecule has 1 unspecified atom stereocenters. The first-order valence-electron chi connectivity index (χ1n) is 9.75. The summed E-state index contributed by atoms with van der Waals surface area (Å²) in [5, 5.41) is 6.46. The molecule has 1 heterocycles. The molecule has 0 bridgehead atoms. The number of nitrogens with one attached hydrogen (secondary N) is 3. The average Bonchev–Trinajstić information content (AvgIpc) is 3.02. The number of hydrogen-bond donors (Lipinski definition) is 3. The van der Waals surface area contributed by atoms with Gasteiger partial charge in [-0.3, -0.25) is 4.99 Å². The van der Waals surface area contributed by atoms with Crippen molar-refractivity contribution in [2.45, 2.75) is 46.3 Å². The predicted molar refractivity (Wildman–Crippen MR) is 127 cm³/mol. The lowest BCUT2D eigenvalue weighted by Gasteiger charge is -2.16. The van der Waals surface area contributed by atoms with Crippen LogP contribution in [0, 0.1) is 0 Å². The number of rotatable bonds is 10. The van der Waals surface area contributed by atoms with Gasteiger partial charge in [-0.15, -0.1) is 24.0 Å². The van der Waals surface area contributed by atoms with Crippen molar-refractivity contribution in [3.63, 3.8) is 0 Å². The highest BCUT2D eigenvalue weighted by Gasteiger charge is 2.21. The van der Waals surface area contributed by atoms with Crippen LogP contribution in [0.25, 0.3) is 0 Å². The number of hydrogen-bond acceptors (Lipinski definition) is 5. The van der Waals surface area contributed by atoms with Crippen molar-refractivity contribution >= 4 is 40.0 Å². The molecule has 10 heteroatoms. The van der Waals surface area contributed by atoms with Gasteiger partial charge in [0.25, 0.3) is 0 Å². The summed E-state index contributed by atoms with van der Waals surface area (Å²) in [6.45, 7) is 7.80. The summed E-state index contributed by atoms with van der Waals surface area (Å²) in [5.41, 5.74) is 2.19. The fraction of sp³-hybridized carbons (Fsp3) is 0.632. The number of guanidine groups is 1. The standard InChI is InChI=1S/C19H32N4O4S.HI/c1-5-26-17-11-15-10-14(3)27-18(15)12-16(17)13-22-19(20-4)21-8-7-9-23-28(24,25)6-2;/h11-12,14,23H,5-10,13H2,1-4H3,(H2,20,21,22);1H. The Kier molecular flexibility index (Phi) is 11.0. The van der Waals surface area contributed by atoms with E-state index in [-0.39, 0.29) is 35.8 Å². The minimum atomic E-state index is -3.14. The molecule has 29 heavy (non-hydrogen) atoms. The maximum Gasteiger partial charge on any atom is 0.211 e. The van der Waals surface area contributed by atoms with Crippen molar-refractivity contribution < 1.29 is 17.9 Å². The van der Waals surface area contributed by atoms with Crippen molar-refractivity contribution in [2.24, 2.45) is 4.99 Å². The van der Waals surface area contributed by atoms with E-state index in [0.717, 1.165) is 23.5 Å². The van der Waals surface area contributed by atoms with Gasteiger partial charge in [0.15, 0.2) is 5.96 Å². The number of halogens is 1. The average molecular weight is 540 g/mol. The van der Waals surface area contributed by atoms with Crippen LogP contribution in [0.1, 0.15) is 38.3 Å². The summed E-state index contributed by atoms with van der Waals surface area (Å²) in [7, 11) is -1.44. The molecule has 1 aliphatic rings. The summed E-state index contributed by atoms with van der Waals surface area (Å²) in [6, 6.07) is 4.10. The molecule has 0 radical (unpaired) electrons. The molecular formula is C19H33IN4O4S. The lowest BCUT2D eigenvalue weighted by atomic mass is 10.1. The van der Waals surface area contributed by atoms with Gasteiger partial charge in [0, 0.05) is 44.2 Å². The number of sulfonamides is 1. The van der Waals surface area contributed by atoms with E-state index in [0.29, 0.717) is 38.6 Å². The molecule has 0 aliphatic carbocycles. The van der Waals surface area contributed by atoms with Crippen molar-refractivity contribution in [3.05, 3.63) is 23.3 Å². The van der Waals surface area contributed by atoms with Gasteiger partial charge < -0.3 is 20.1 Å². The van der Waals surface area contributed by atoms with Crippen LogP contribution in [0.4, 0.5) is 0 Å². The van der Waals surface area contributed by atoms with E-state index in [9.17, 15) is 8.42 Å². The smallest absolute Gasteiger partial charge is 0.211 e. The van der Waals surface area contributed by atoms with Crippen molar-refractivity contribution in [1.29, 1.82) is 0 Å². The third-order valence-corrected chi connectivity index (χ3v) is 5.80. The second-order valence-corrected chi connectivity index (χ2v) is 8.73. The van der Waals surface area contributed by atoms with E-state index in [4.69, 9.17) is 9.47 Å². The number of benzene rings is 1. The summed E-state index contributed by atoms with van der Waals surface area (Å²) in [6.07, 6.45) is 1.75. The highest BCUT2D eigenvalue weighted by molar-refractivity contribution is 14.0. The van der Waals surface area contributed by atoms with Crippen LogP contribution in [0.3, 0.4) is 0 Å². The largest absolute Gasteiger partial charge is 0.494 e. The molecule has 3 N–H and O–H groups in total. The van der Waals surface area contributed by atoms with Crippen molar-refractivity contribution in [1.82, 2.24) is 15.4 Å². The molecular weight excluding hydrogens is 507 g/mol.